The van der Waals surface area contributed by atoms with Crippen LogP contribution in [0.1, 0.15) is 56.1 Å². The lowest BCUT2D eigenvalue weighted by molar-refractivity contribution is 0.0952. The zero-order chi connectivity index (χ0) is 28.4. The summed E-state index contributed by atoms with van der Waals surface area (Å²) in [4.78, 5) is 17.1. The minimum atomic E-state index is -0.223. The monoisotopic (exact) mass is 505 g/mol. The van der Waals surface area contributed by atoms with Crippen molar-refractivity contribution in [3.8, 4) is 0 Å². The summed E-state index contributed by atoms with van der Waals surface area (Å²) in [6.07, 6.45) is 3.40. The number of aromatic nitrogens is 2. The van der Waals surface area contributed by atoms with E-state index in [-0.39, 0.29) is 5.91 Å². The number of allylic oxidation sites excluding steroid dienone is 1. The number of nitrogens with one attached hydrogen (secondary N) is 5. The van der Waals surface area contributed by atoms with Crippen LogP contribution in [0.15, 0.2) is 67.1 Å². The molecule has 0 saturated heterocycles. The van der Waals surface area contributed by atoms with Gasteiger partial charge in [0.05, 0.1) is 11.3 Å². The normalized spacial score (nSPS) is 9.16. The number of hydrogen-bond donors (Lipinski definition) is 5. The smallest absolute Gasteiger partial charge is 0.252 e. The molecule has 0 saturated carbocycles. The highest BCUT2D eigenvalue weighted by molar-refractivity contribution is 5.95. The van der Waals surface area contributed by atoms with Gasteiger partial charge in [0.25, 0.3) is 5.91 Å². The second kappa shape index (κ2) is 18.1. The van der Waals surface area contributed by atoms with Gasteiger partial charge in [-0.15, -0.1) is 0 Å². The minimum absolute atomic E-state index is 0.223. The van der Waals surface area contributed by atoms with Crippen LogP contribution in [-0.2, 0) is 6.54 Å². The van der Waals surface area contributed by atoms with Gasteiger partial charge in [-0.2, -0.15) is 0 Å². The topological polar surface area (TPSA) is 119 Å². The van der Waals surface area contributed by atoms with E-state index in [1.807, 2.05) is 85.0 Å². The molecule has 0 radical (unpaired) electrons. The number of amides is 1. The van der Waals surface area contributed by atoms with E-state index in [0.717, 1.165) is 22.5 Å². The third kappa shape index (κ3) is 10.9. The molecule has 8 nitrogen and oxygen atoms in total. The Morgan fingerprint density at radius 2 is 1.68 bits per heavy atom. The van der Waals surface area contributed by atoms with Gasteiger partial charge >= 0.3 is 0 Å². The van der Waals surface area contributed by atoms with Crippen LogP contribution >= 0.6 is 0 Å². The van der Waals surface area contributed by atoms with Crippen molar-refractivity contribution in [3.63, 3.8) is 0 Å². The summed E-state index contributed by atoms with van der Waals surface area (Å²) in [6.45, 7) is 21.1. The lowest BCUT2D eigenvalue weighted by Gasteiger charge is -2.15. The lowest BCUT2D eigenvalue weighted by Crippen LogP contribution is -2.30. The molecular formula is C29H43N7O. The molecule has 5 N–H and O–H groups in total. The van der Waals surface area contributed by atoms with Gasteiger partial charge in [0.15, 0.2) is 5.82 Å². The first kappa shape index (κ1) is 32.8. The standard InChI is InChI=1S/C24H28N6O.2C2H6.CH3N/c1-16(2)28-21-14-19(15-27-23(21)29-20-8-6-5-7-18(20)4)24(31)26-10-12-30-11-9-17(3)13-22(30)25;3*1-2/h5-9,11,13-15,25,28H,1,10,12H2,2-4H3,(H,26,31)(H,27,29);2*1-2H3;2H,1H2. The van der Waals surface area contributed by atoms with Gasteiger partial charge in [0.1, 0.15) is 5.49 Å². The number of carbonyl (C=O) groups is 1. The van der Waals surface area contributed by atoms with Gasteiger partial charge in [-0.3, -0.25) is 10.2 Å². The first-order chi connectivity index (χ1) is 17.8. The zero-order valence-electron chi connectivity index (χ0n) is 23.3. The van der Waals surface area contributed by atoms with Crippen LogP contribution in [0.4, 0.5) is 17.2 Å². The Morgan fingerprint density at radius 1 is 1.03 bits per heavy atom. The number of para-hydroxylation sites is 1. The fraction of sp³-hybridized carbons (Fsp3) is 0.310. The summed E-state index contributed by atoms with van der Waals surface area (Å²) in [5, 5.41) is 22.9. The fourth-order valence-electron chi connectivity index (χ4n) is 3.08. The van der Waals surface area contributed by atoms with E-state index < -0.39 is 0 Å². The van der Waals surface area contributed by atoms with E-state index >= 15 is 0 Å². The molecule has 0 fully saturated rings. The maximum Gasteiger partial charge on any atom is 0.252 e. The van der Waals surface area contributed by atoms with E-state index in [2.05, 4.69) is 34.2 Å². The highest BCUT2D eigenvalue weighted by Gasteiger charge is 2.12. The lowest BCUT2D eigenvalue weighted by atomic mass is 10.2. The Morgan fingerprint density at radius 3 is 2.27 bits per heavy atom. The van der Waals surface area contributed by atoms with Crippen molar-refractivity contribution in [3.05, 3.63) is 89.3 Å². The van der Waals surface area contributed by atoms with Crippen LogP contribution < -0.4 is 21.4 Å². The molecule has 3 rings (SSSR count). The second-order valence-corrected chi connectivity index (χ2v) is 7.50. The number of rotatable bonds is 8. The fourth-order valence-corrected chi connectivity index (χ4v) is 3.08. The van der Waals surface area contributed by atoms with Crippen molar-refractivity contribution in [1.82, 2.24) is 14.9 Å². The van der Waals surface area contributed by atoms with Crippen LogP contribution in [-0.4, -0.2) is 28.7 Å². The molecule has 0 atom stereocenters. The number of pyridine rings is 2. The SMILES string of the molecule is C=C(C)Nc1cc(C(=O)NCCn2ccc(C)cc2=N)cnc1Nc1ccccc1C.C=N.CC.CC. The number of nitrogens with zero attached hydrogens (tertiary/aromatic N) is 2. The molecule has 8 heteroatoms. The van der Waals surface area contributed by atoms with E-state index in [1.54, 1.807) is 22.9 Å². The van der Waals surface area contributed by atoms with Crippen molar-refractivity contribution in [2.75, 3.05) is 17.2 Å². The molecular weight excluding hydrogens is 462 g/mol. The van der Waals surface area contributed by atoms with E-state index in [9.17, 15) is 4.79 Å². The maximum absolute atomic E-state index is 12.7. The molecule has 0 aliphatic carbocycles. The van der Waals surface area contributed by atoms with Gasteiger partial charge in [0.2, 0.25) is 0 Å². The second-order valence-electron chi connectivity index (χ2n) is 7.50. The summed E-state index contributed by atoms with van der Waals surface area (Å²) in [6, 6.07) is 13.4. The predicted molar refractivity (Wildman–Crippen MR) is 157 cm³/mol. The van der Waals surface area contributed by atoms with Crippen LogP contribution in [0.5, 0.6) is 0 Å². The summed E-state index contributed by atoms with van der Waals surface area (Å²) in [5.41, 5.74) is 5.34. The number of benzene rings is 1. The molecule has 0 spiro atoms. The molecule has 1 amide bonds. The molecule has 200 valence electrons. The largest absolute Gasteiger partial charge is 0.357 e. The van der Waals surface area contributed by atoms with Gasteiger partial charge in [0, 0.05) is 36.9 Å². The minimum Gasteiger partial charge on any atom is -0.357 e. The van der Waals surface area contributed by atoms with Crippen molar-refractivity contribution in [2.24, 2.45) is 0 Å². The molecule has 0 aliphatic heterocycles. The molecule has 0 bridgehead atoms. The van der Waals surface area contributed by atoms with Gasteiger partial charge in [-0.05, 0) is 62.9 Å². The summed E-state index contributed by atoms with van der Waals surface area (Å²) in [7, 11) is 0. The first-order valence-electron chi connectivity index (χ1n) is 12.4. The van der Waals surface area contributed by atoms with Crippen LogP contribution in [0.2, 0.25) is 0 Å². The van der Waals surface area contributed by atoms with E-state index in [4.69, 9.17) is 10.8 Å². The maximum atomic E-state index is 12.7. The zero-order valence-corrected chi connectivity index (χ0v) is 23.3. The van der Waals surface area contributed by atoms with E-state index in [1.165, 1.54) is 0 Å². The average Bonchev–Trinajstić information content (AvgIpc) is 2.90. The summed E-state index contributed by atoms with van der Waals surface area (Å²) >= 11 is 0. The quantitative estimate of drug-likeness (QED) is 0.227. The molecule has 3 aromatic rings. The van der Waals surface area contributed by atoms with Crippen molar-refractivity contribution in [1.29, 1.82) is 10.8 Å². The first-order valence-corrected chi connectivity index (χ1v) is 12.4. The number of aryl methyl sites for hydroxylation is 2. The molecule has 2 heterocycles. The number of carbonyl (C=O) groups excluding carboxylic acids is 1. The summed E-state index contributed by atoms with van der Waals surface area (Å²) in [5.74, 6) is 0.391. The Hall–Kier alpha value is -4.20. The molecule has 37 heavy (non-hydrogen) atoms. The van der Waals surface area contributed by atoms with Crippen molar-refractivity contribution >= 4 is 29.8 Å². The van der Waals surface area contributed by atoms with Crippen LogP contribution in [0.3, 0.4) is 0 Å². The number of hydrogen-bond acceptors (Lipinski definition) is 6. The van der Waals surface area contributed by atoms with E-state index in [0.29, 0.717) is 35.6 Å². The highest BCUT2D eigenvalue weighted by atomic mass is 16.1. The number of anilines is 3. The highest BCUT2D eigenvalue weighted by Crippen LogP contribution is 2.27. The molecule has 1 aromatic carbocycles. The predicted octanol–water partition coefficient (Wildman–Crippen LogP) is 6.42. The van der Waals surface area contributed by atoms with Crippen molar-refractivity contribution < 1.29 is 4.79 Å². The third-order valence-electron chi connectivity index (χ3n) is 4.73. The molecule has 0 aliphatic rings. The van der Waals surface area contributed by atoms with Gasteiger partial charge < -0.3 is 25.9 Å². The molecule has 0 unspecified atom stereocenters. The Balaban J connectivity index is 0.00000201. The third-order valence-corrected chi connectivity index (χ3v) is 4.73. The average molecular weight is 506 g/mol. The Labute approximate surface area is 221 Å². The Bertz CT molecular complexity index is 1180. The van der Waals surface area contributed by atoms with Gasteiger partial charge in [-0.1, -0.05) is 52.5 Å². The van der Waals surface area contributed by atoms with Gasteiger partial charge in [-0.25, -0.2) is 4.98 Å². The van der Waals surface area contributed by atoms with Crippen LogP contribution in [0.25, 0.3) is 0 Å². The molecule has 2 aromatic heterocycles. The Kier molecular flexibility index (Phi) is 16.1. The van der Waals surface area contributed by atoms with Crippen LogP contribution in [0, 0.1) is 24.7 Å². The van der Waals surface area contributed by atoms with Crippen molar-refractivity contribution in [2.45, 2.75) is 55.0 Å². The summed E-state index contributed by atoms with van der Waals surface area (Å²) < 4.78 is 1.79.